The van der Waals surface area contributed by atoms with Gasteiger partial charge in [-0.25, -0.2) is 4.39 Å². The summed E-state index contributed by atoms with van der Waals surface area (Å²) in [6, 6.07) is 11.9. The zero-order valence-corrected chi connectivity index (χ0v) is 18.2. The van der Waals surface area contributed by atoms with Crippen molar-refractivity contribution in [3.63, 3.8) is 0 Å². The zero-order valence-electron chi connectivity index (χ0n) is 18.2. The van der Waals surface area contributed by atoms with Gasteiger partial charge in [-0.2, -0.15) is 0 Å². The molecule has 31 heavy (non-hydrogen) atoms. The fourth-order valence-electron chi connectivity index (χ4n) is 3.64. The van der Waals surface area contributed by atoms with Crippen molar-refractivity contribution in [2.24, 2.45) is 17.6 Å². The number of nitrogens with one attached hydrogen (secondary N) is 1. The number of carbonyl (C=O) groups is 2. The largest absolute Gasteiger partial charge is 0.370 e. The van der Waals surface area contributed by atoms with Crippen LogP contribution < -0.4 is 5.73 Å². The second kappa shape index (κ2) is 9.29. The second-order valence-electron chi connectivity index (χ2n) is 8.57. The standard InChI is InChI=1S/C24H29FN4O2/c1-15(2)16(3)8-22(30)29(24(26)27)12-17-9-20(11-21(25)10-17)23(31)28-13-18-6-4-5-7-19(18)14-28/h4-7,9-11,15-16H,8,12-14H2,1-3H3,(H3,26,27)/t16-/m1/s1. The minimum atomic E-state index is -0.566. The van der Waals surface area contributed by atoms with E-state index in [0.717, 1.165) is 16.0 Å². The highest BCUT2D eigenvalue weighted by atomic mass is 19.1. The van der Waals surface area contributed by atoms with Crippen molar-refractivity contribution < 1.29 is 14.0 Å². The first-order chi connectivity index (χ1) is 14.7. The maximum absolute atomic E-state index is 14.3. The van der Waals surface area contributed by atoms with Crippen molar-refractivity contribution >= 4 is 17.8 Å². The maximum atomic E-state index is 14.3. The van der Waals surface area contributed by atoms with Crippen LogP contribution in [0.2, 0.25) is 0 Å². The molecule has 2 amide bonds. The van der Waals surface area contributed by atoms with Crippen LogP contribution in [0.25, 0.3) is 0 Å². The summed E-state index contributed by atoms with van der Waals surface area (Å²) in [5.41, 5.74) is 8.44. The van der Waals surface area contributed by atoms with Gasteiger partial charge in [0.1, 0.15) is 5.82 Å². The minimum absolute atomic E-state index is 0.0583. The summed E-state index contributed by atoms with van der Waals surface area (Å²) in [5, 5.41) is 7.80. The van der Waals surface area contributed by atoms with E-state index in [1.807, 2.05) is 45.0 Å². The predicted octanol–water partition coefficient (Wildman–Crippen LogP) is 3.89. The lowest BCUT2D eigenvalue weighted by Gasteiger charge is -2.24. The Hall–Kier alpha value is -3.22. The summed E-state index contributed by atoms with van der Waals surface area (Å²) >= 11 is 0. The molecule has 0 saturated heterocycles. The van der Waals surface area contributed by atoms with Crippen LogP contribution in [0.3, 0.4) is 0 Å². The van der Waals surface area contributed by atoms with Gasteiger partial charge in [-0.15, -0.1) is 0 Å². The summed E-state index contributed by atoms with van der Waals surface area (Å²) in [7, 11) is 0. The summed E-state index contributed by atoms with van der Waals surface area (Å²) < 4.78 is 14.3. The summed E-state index contributed by atoms with van der Waals surface area (Å²) in [5.74, 6) is -1.10. The monoisotopic (exact) mass is 424 g/mol. The number of nitrogens with zero attached hydrogens (tertiary/aromatic N) is 2. The van der Waals surface area contributed by atoms with E-state index in [1.165, 1.54) is 12.1 Å². The topological polar surface area (TPSA) is 90.5 Å². The highest BCUT2D eigenvalue weighted by Gasteiger charge is 2.26. The third-order valence-corrected chi connectivity index (χ3v) is 5.90. The van der Waals surface area contributed by atoms with Crippen molar-refractivity contribution in [1.29, 1.82) is 5.41 Å². The Morgan fingerprint density at radius 1 is 1.13 bits per heavy atom. The zero-order chi connectivity index (χ0) is 22.7. The van der Waals surface area contributed by atoms with Gasteiger partial charge >= 0.3 is 0 Å². The molecule has 164 valence electrons. The number of hydrogen-bond acceptors (Lipinski definition) is 3. The number of carbonyl (C=O) groups excluding carboxylic acids is 2. The van der Waals surface area contributed by atoms with Gasteiger partial charge in [-0.05, 0) is 46.7 Å². The molecule has 0 unspecified atom stereocenters. The maximum Gasteiger partial charge on any atom is 0.254 e. The Morgan fingerprint density at radius 3 is 2.29 bits per heavy atom. The molecular formula is C24H29FN4O2. The van der Waals surface area contributed by atoms with Crippen molar-refractivity contribution in [1.82, 2.24) is 9.80 Å². The lowest BCUT2D eigenvalue weighted by atomic mass is 9.94. The van der Waals surface area contributed by atoms with Gasteiger partial charge in [0, 0.05) is 25.1 Å². The van der Waals surface area contributed by atoms with E-state index in [1.54, 1.807) is 11.0 Å². The number of hydrogen-bond donors (Lipinski definition) is 2. The van der Waals surface area contributed by atoms with Gasteiger partial charge in [0.25, 0.3) is 5.91 Å². The quantitative estimate of drug-likeness (QED) is 0.545. The van der Waals surface area contributed by atoms with Crippen molar-refractivity contribution in [2.45, 2.75) is 46.8 Å². The Kier molecular flexibility index (Phi) is 6.73. The molecule has 0 bridgehead atoms. The van der Waals surface area contributed by atoms with Crippen molar-refractivity contribution in [2.75, 3.05) is 0 Å². The first-order valence-corrected chi connectivity index (χ1v) is 10.5. The van der Waals surface area contributed by atoms with Crippen LogP contribution in [0.1, 0.15) is 54.2 Å². The molecule has 0 saturated carbocycles. The molecule has 0 radical (unpaired) electrons. The van der Waals surface area contributed by atoms with E-state index in [0.29, 0.717) is 24.6 Å². The summed E-state index contributed by atoms with van der Waals surface area (Å²) in [6.07, 6.45) is 0.240. The molecule has 6 nitrogen and oxygen atoms in total. The third-order valence-electron chi connectivity index (χ3n) is 5.90. The number of amides is 2. The van der Waals surface area contributed by atoms with Crippen LogP contribution in [0, 0.1) is 23.1 Å². The van der Waals surface area contributed by atoms with E-state index >= 15 is 0 Å². The molecule has 3 N–H and O–H groups in total. The molecule has 1 aliphatic rings. The van der Waals surface area contributed by atoms with Crippen LogP contribution in [0.15, 0.2) is 42.5 Å². The normalized spacial score (nSPS) is 13.8. The Labute approximate surface area is 182 Å². The van der Waals surface area contributed by atoms with Crippen molar-refractivity contribution in [3.8, 4) is 0 Å². The number of halogens is 1. The fraction of sp³-hybridized carbons (Fsp3) is 0.375. The first kappa shape index (κ1) is 22.5. The van der Waals surface area contributed by atoms with Crippen molar-refractivity contribution in [3.05, 3.63) is 70.5 Å². The van der Waals surface area contributed by atoms with E-state index in [9.17, 15) is 14.0 Å². The van der Waals surface area contributed by atoms with Gasteiger partial charge in [-0.3, -0.25) is 19.9 Å². The van der Waals surface area contributed by atoms with Crippen LogP contribution in [0.5, 0.6) is 0 Å². The van der Waals surface area contributed by atoms with Gasteiger partial charge in [-0.1, -0.05) is 45.0 Å². The van der Waals surface area contributed by atoms with Crippen LogP contribution in [-0.2, 0) is 24.4 Å². The highest BCUT2D eigenvalue weighted by molar-refractivity contribution is 5.96. The molecule has 0 spiro atoms. The molecule has 2 aromatic rings. The molecular weight excluding hydrogens is 395 g/mol. The Morgan fingerprint density at radius 2 is 1.74 bits per heavy atom. The highest BCUT2D eigenvalue weighted by Crippen LogP contribution is 2.25. The number of fused-ring (bicyclic) bond motifs is 1. The Balaban J connectivity index is 1.77. The van der Waals surface area contributed by atoms with Crippen LogP contribution >= 0.6 is 0 Å². The lowest BCUT2D eigenvalue weighted by Crippen LogP contribution is -2.41. The van der Waals surface area contributed by atoms with E-state index in [-0.39, 0.29) is 36.3 Å². The van der Waals surface area contributed by atoms with Gasteiger partial charge in [0.15, 0.2) is 5.96 Å². The van der Waals surface area contributed by atoms with Crippen LogP contribution in [-0.4, -0.2) is 27.6 Å². The Bertz CT molecular complexity index is 980. The van der Waals surface area contributed by atoms with Gasteiger partial charge in [0.05, 0.1) is 6.54 Å². The molecule has 0 fully saturated rings. The predicted molar refractivity (Wildman–Crippen MR) is 118 cm³/mol. The number of guanidine groups is 1. The molecule has 2 aromatic carbocycles. The number of nitrogens with two attached hydrogens (primary N) is 1. The number of rotatable bonds is 6. The second-order valence-corrected chi connectivity index (χ2v) is 8.57. The average Bonchev–Trinajstić information content (AvgIpc) is 3.14. The fourth-order valence-corrected chi connectivity index (χ4v) is 3.64. The number of benzene rings is 2. The molecule has 0 aromatic heterocycles. The molecule has 1 aliphatic heterocycles. The van der Waals surface area contributed by atoms with E-state index in [4.69, 9.17) is 11.1 Å². The lowest BCUT2D eigenvalue weighted by molar-refractivity contribution is -0.129. The molecule has 7 heteroatoms. The smallest absolute Gasteiger partial charge is 0.254 e. The minimum Gasteiger partial charge on any atom is -0.370 e. The molecule has 3 rings (SSSR count). The van der Waals surface area contributed by atoms with Gasteiger partial charge < -0.3 is 10.6 Å². The summed E-state index contributed by atoms with van der Waals surface area (Å²) in [4.78, 5) is 28.5. The van der Waals surface area contributed by atoms with E-state index in [2.05, 4.69) is 0 Å². The SMILES string of the molecule is CC(C)[C@H](C)CC(=O)N(Cc1cc(F)cc(C(=O)N2Cc3ccccc3C2)c1)C(=N)N. The third kappa shape index (κ3) is 5.29. The molecule has 0 aliphatic carbocycles. The van der Waals surface area contributed by atoms with Gasteiger partial charge in [0.2, 0.25) is 5.91 Å². The molecule has 1 heterocycles. The van der Waals surface area contributed by atoms with Crippen LogP contribution in [0.4, 0.5) is 4.39 Å². The molecule has 1 atom stereocenters. The average molecular weight is 425 g/mol. The first-order valence-electron chi connectivity index (χ1n) is 10.5. The summed E-state index contributed by atoms with van der Waals surface area (Å²) in [6.45, 7) is 6.91. The van der Waals surface area contributed by atoms with E-state index < -0.39 is 11.8 Å².